The first-order valence-corrected chi connectivity index (χ1v) is 7.75. The molecule has 0 unspecified atom stereocenters. The molecule has 0 fully saturated rings. The van der Waals surface area contributed by atoms with E-state index in [1.807, 2.05) is 6.92 Å². The van der Waals surface area contributed by atoms with Crippen molar-refractivity contribution < 1.29 is 19.1 Å². The number of nitrogens with one attached hydrogen (secondary N) is 1. The van der Waals surface area contributed by atoms with Gasteiger partial charge in [0, 0.05) is 12.7 Å². The molecule has 1 aromatic heterocycles. The van der Waals surface area contributed by atoms with Crippen molar-refractivity contribution >= 4 is 17.6 Å². The molecule has 0 radical (unpaired) electrons. The number of anilines is 1. The van der Waals surface area contributed by atoms with Gasteiger partial charge in [0.05, 0.1) is 23.4 Å². The second-order valence-electron chi connectivity index (χ2n) is 5.29. The number of ether oxygens (including phenoxy) is 2. The van der Waals surface area contributed by atoms with Gasteiger partial charge in [0.1, 0.15) is 18.2 Å². The molecule has 2 amide bonds. The van der Waals surface area contributed by atoms with Gasteiger partial charge in [-0.3, -0.25) is 24.3 Å². The predicted molar refractivity (Wildman–Crippen MR) is 90.2 cm³/mol. The Bertz CT molecular complexity index is 904. The van der Waals surface area contributed by atoms with Gasteiger partial charge in [0.25, 0.3) is 17.4 Å². The second kappa shape index (κ2) is 6.78. The van der Waals surface area contributed by atoms with Gasteiger partial charge in [-0.1, -0.05) is 12.1 Å². The molecule has 3 rings (SSSR count). The number of carbonyl (C=O) groups excluding carboxylic acids is 2. The van der Waals surface area contributed by atoms with Crippen LogP contribution in [0.15, 0.2) is 35.1 Å². The zero-order valence-corrected chi connectivity index (χ0v) is 13.6. The first-order valence-electron chi connectivity index (χ1n) is 7.75. The van der Waals surface area contributed by atoms with E-state index in [0.717, 1.165) is 10.6 Å². The van der Waals surface area contributed by atoms with Gasteiger partial charge in [0.15, 0.2) is 0 Å². The van der Waals surface area contributed by atoms with Crippen LogP contribution < -0.4 is 21.3 Å². The van der Waals surface area contributed by atoms with Crippen molar-refractivity contribution in [3.8, 4) is 11.4 Å². The molecule has 0 saturated carbocycles. The van der Waals surface area contributed by atoms with E-state index in [-0.39, 0.29) is 16.9 Å². The number of carbonyl (C=O) groups is 2. The van der Waals surface area contributed by atoms with Crippen LogP contribution in [0.3, 0.4) is 0 Å². The number of benzene rings is 1. The first kappa shape index (κ1) is 16.7. The van der Waals surface area contributed by atoms with Crippen LogP contribution in [0.25, 0.3) is 5.69 Å². The van der Waals surface area contributed by atoms with Crippen molar-refractivity contribution in [2.45, 2.75) is 6.92 Å². The molecule has 3 N–H and O–H groups in total. The maximum absolute atomic E-state index is 12.5. The van der Waals surface area contributed by atoms with E-state index in [1.165, 1.54) is 0 Å². The van der Waals surface area contributed by atoms with Crippen molar-refractivity contribution in [2.75, 3.05) is 25.6 Å². The zero-order chi connectivity index (χ0) is 18.0. The maximum Gasteiger partial charge on any atom is 0.262 e. The van der Waals surface area contributed by atoms with Gasteiger partial charge in [0.2, 0.25) is 0 Å². The van der Waals surface area contributed by atoms with Gasteiger partial charge in [-0.05, 0) is 19.1 Å². The average molecular weight is 343 g/mol. The minimum absolute atomic E-state index is 0.00582. The fraction of sp³-hybridized carbons (Fsp3) is 0.235. The summed E-state index contributed by atoms with van der Waals surface area (Å²) in [7, 11) is 0. The minimum Gasteiger partial charge on any atom is -0.489 e. The normalized spacial score (nSPS) is 12.8. The fourth-order valence-electron chi connectivity index (χ4n) is 2.65. The number of amides is 2. The molecule has 130 valence electrons. The highest BCUT2D eigenvalue weighted by Gasteiger charge is 2.32. The van der Waals surface area contributed by atoms with E-state index in [4.69, 9.17) is 15.2 Å². The van der Waals surface area contributed by atoms with E-state index in [1.54, 1.807) is 24.3 Å². The van der Waals surface area contributed by atoms with E-state index in [9.17, 15) is 14.4 Å². The molecular formula is C17H17N3O5. The summed E-state index contributed by atoms with van der Waals surface area (Å²) < 4.78 is 12.0. The quantitative estimate of drug-likeness (QED) is 0.590. The van der Waals surface area contributed by atoms with Crippen LogP contribution in [0.5, 0.6) is 5.75 Å². The van der Waals surface area contributed by atoms with Crippen molar-refractivity contribution in [1.82, 2.24) is 9.88 Å². The first-order chi connectivity index (χ1) is 12.0. The van der Waals surface area contributed by atoms with E-state index in [0.29, 0.717) is 31.3 Å². The number of nitrogens with two attached hydrogens (primary N) is 1. The molecular weight excluding hydrogens is 326 g/mol. The molecule has 1 aliphatic heterocycles. The van der Waals surface area contributed by atoms with Gasteiger partial charge < -0.3 is 15.2 Å². The Kier molecular flexibility index (Phi) is 4.53. The Hall–Kier alpha value is -3.13. The number of hydrogen-bond acceptors (Lipinski definition) is 6. The summed E-state index contributed by atoms with van der Waals surface area (Å²) in [5.74, 6) is -0.939. The number of nitrogens with zero attached hydrogens (tertiary/aromatic N) is 1. The van der Waals surface area contributed by atoms with Crippen LogP contribution in [0.1, 0.15) is 27.6 Å². The highest BCUT2D eigenvalue weighted by Crippen LogP contribution is 2.27. The lowest BCUT2D eigenvalue weighted by molar-refractivity contribution is 0.0880. The van der Waals surface area contributed by atoms with Crippen LogP contribution in [-0.2, 0) is 4.74 Å². The van der Waals surface area contributed by atoms with E-state index >= 15 is 0 Å². The third-order valence-corrected chi connectivity index (χ3v) is 3.75. The Morgan fingerprint density at radius 2 is 1.88 bits per heavy atom. The number of hydrogen-bond donors (Lipinski definition) is 2. The van der Waals surface area contributed by atoms with Crippen molar-refractivity contribution in [3.05, 3.63) is 51.8 Å². The van der Waals surface area contributed by atoms with Gasteiger partial charge >= 0.3 is 0 Å². The lowest BCUT2D eigenvalue weighted by Crippen LogP contribution is -2.24. The molecule has 0 bridgehead atoms. The molecule has 8 nitrogen and oxygen atoms in total. The zero-order valence-electron chi connectivity index (χ0n) is 13.6. The third-order valence-electron chi connectivity index (χ3n) is 3.75. The van der Waals surface area contributed by atoms with Crippen molar-refractivity contribution in [3.63, 3.8) is 0 Å². The topological polar surface area (TPSA) is 113 Å². The van der Waals surface area contributed by atoms with E-state index in [2.05, 4.69) is 5.32 Å². The summed E-state index contributed by atoms with van der Waals surface area (Å²) in [6.07, 6.45) is 0. The minimum atomic E-state index is -0.628. The SMILES string of the molecule is CCOCCOc1ccccc1-n1c(N)c2c(cc1=O)C(=O)NC2=O. The number of pyridine rings is 1. The van der Waals surface area contributed by atoms with E-state index < -0.39 is 17.4 Å². The molecule has 0 aliphatic carbocycles. The summed E-state index contributed by atoms with van der Waals surface area (Å²) in [4.78, 5) is 36.2. The summed E-state index contributed by atoms with van der Waals surface area (Å²) in [6.45, 7) is 3.15. The molecule has 1 aliphatic rings. The van der Waals surface area contributed by atoms with Gasteiger partial charge in [-0.2, -0.15) is 0 Å². The van der Waals surface area contributed by atoms with Crippen molar-refractivity contribution in [2.24, 2.45) is 0 Å². The number of imide groups is 1. The summed E-state index contributed by atoms with van der Waals surface area (Å²) in [6, 6.07) is 7.91. The lowest BCUT2D eigenvalue weighted by Gasteiger charge is -2.16. The fourth-order valence-corrected chi connectivity index (χ4v) is 2.65. The van der Waals surface area contributed by atoms with Gasteiger partial charge in [-0.15, -0.1) is 0 Å². The van der Waals surface area contributed by atoms with Crippen LogP contribution in [0.2, 0.25) is 0 Å². The van der Waals surface area contributed by atoms with Crippen LogP contribution in [0.4, 0.5) is 5.82 Å². The maximum atomic E-state index is 12.5. The predicted octanol–water partition coefficient (Wildman–Crippen LogP) is 0.719. The lowest BCUT2D eigenvalue weighted by atomic mass is 10.1. The molecule has 25 heavy (non-hydrogen) atoms. The van der Waals surface area contributed by atoms with Crippen LogP contribution in [0, 0.1) is 0 Å². The Balaban J connectivity index is 2.07. The van der Waals surface area contributed by atoms with Crippen molar-refractivity contribution in [1.29, 1.82) is 0 Å². The monoisotopic (exact) mass is 343 g/mol. The number of para-hydroxylation sites is 2. The summed E-state index contributed by atoms with van der Waals surface area (Å²) in [5, 5.41) is 2.13. The standard InChI is InChI=1S/C17H17N3O5/c1-2-24-7-8-25-12-6-4-3-5-11(12)20-13(21)9-10-14(15(20)18)17(23)19-16(10)22/h3-6,9H,2,7-8,18H2,1H3,(H,19,22,23). The number of rotatable bonds is 6. The average Bonchev–Trinajstić information content (AvgIpc) is 2.87. The van der Waals surface area contributed by atoms with Crippen LogP contribution in [-0.4, -0.2) is 36.2 Å². The number of nitrogen functional groups attached to an aromatic ring is 1. The summed E-state index contributed by atoms with van der Waals surface area (Å²) >= 11 is 0. The second-order valence-corrected chi connectivity index (χ2v) is 5.29. The molecule has 2 heterocycles. The molecule has 8 heteroatoms. The number of aromatic nitrogens is 1. The molecule has 2 aromatic rings. The number of fused-ring (bicyclic) bond motifs is 1. The smallest absolute Gasteiger partial charge is 0.262 e. The molecule has 1 aromatic carbocycles. The highest BCUT2D eigenvalue weighted by molar-refractivity contribution is 6.23. The Morgan fingerprint density at radius 1 is 1.12 bits per heavy atom. The van der Waals surface area contributed by atoms with Crippen LogP contribution >= 0.6 is 0 Å². The Labute approximate surface area is 143 Å². The molecule has 0 atom stereocenters. The summed E-state index contributed by atoms with van der Waals surface area (Å²) in [5.41, 5.74) is 5.87. The highest BCUT2D eigenvalue weighted by atomic mass is 16.5. The molecule has 0 spiro atoms. The Morgan fingerprint density at radius 3 is 2.64 bits per heavy atom. The third kappa shape index (κ3) is 2.99. The largest absolute Gasteiger partial charge is 0.489 e. The van der Waals surface area contributed by atoms with Gasteiger partial charge in [-0.25, -0.2) is 0 Å². The molecule has 0 saturated heterocycles.